The van der Waals surface area contributed by atoms with Crippen molar-refractivity contribution in [2.24, 2.45) is 39.6 Å². The topological polar surface area (TPSA) is 484 Å². The van der Waals surface area contributed by atoms with Crippen molar-refractivity contribution >= 4 is 112 Å². The molecule has 0 saturated heterocycles. The number of nitrogens with zero attached hydrogens (tertiary/aromatic N) is 1. The first-order valence-electron chi connectivity index (χ1n) is 25.5. The Labute approximate surface area is 477 Å². The van der Waals surface area contributed by atoms with Crippen LogP contribution in [0.25, 0.3) is 0 Å². The van der Waals surface area contributed by atoms with Crippen molar-refractivity contribution in [3.63, 3.8) is 0 Å². The molecule has 20 N–H and O–H groups in total. The Hall–Kier alpha value is -6.86. The van der Waals surface area contributed by atoms with Crippen LogP contribution in [0.1, 0.15) is 83.6 Å². The fourth-order valence-electron chi connectivity index (χ4n) is 7.45. The zero-order chi connectivity index (χ0) is 60.5. The number of benzene rings is 1. The maximum Gasteiger partial charge on any atom is 0.326 e. The average Bonchev–Trinajstić information content (AvgIpc) is 3.38. The Morgan fingerprint density at radius 1 is 0.500 bits per heavy atom. The molecule has 0 aliphatic carbocycles. The molecular formula is C49H80N14O14S3. The van der Waals surface area contributed by atoms with Crippen LogP contribution in [0.4, 0.5) is 0 Å². The van der Waals surface area contributed by atoms with Gasteiger partial charge in [0, 0.05) is 19.4 Å². The minimum absolute atomic E-state index is 0.0357. The molecule has 448 valence electrons. The molecule has 0 bridgehead atoms. The Balaban J connectivity index is 3.46. The molecule has 10 amide bonds. The predicted molar refractivity (Wildman–Crippen MR) is 304 cm³/mol. The van der Waals surface area contributed by atoms with Crippen LogP contribution in [0.3, 0.4) is 0 Å². The van der Waals surface area contributed by atoms with Crippen molar-refractivity contribution in [1.82, 2.24) is 42.5 Å². The molecule has 1 aromatic rings. The molecule has 80 heavy (non-hydrogen) atoms. The first-order chi connectivity index (χ1) is 37.7. The Morgan fingerprint density at radius 3 is 1.29 bits per heavy atom. The van der Waals surface area contributed by atoms with Gasteiger partial charge in [0.15, 0.2) is 5.96 Å². The van der Waals surface area contributed by atoms with E-state index in [1.165, 1.54) is 35.3 Å². The Bertz CT molecular complexity index is 2280. The molecule has 0 unspecified atom stereocenters. The van der Waals surface area contributed by atoms with Crippen LogP contribution in [0.5, 0.6) is 0 Å². The summed E-state index contributed by atoms with van der Waals surface area (Å²) in [6.07, 6.45) is 2.71. The second-order valence-electron chi connectivity index (χ2n) is 18.8. The second kappa shape index (κ2) is 38.7. The molecule has 31 heteroatoms. The van der Waals surface area contributed by atoms with Gasteiger partial charge >= 0.3 is 11.9 Å². The van der Waals surface area contributed by atoms with E-state index in [9.17, 15) is 67.7 Å². The molecule has 0 spiro atoms. The van der Waals surface area contributed by atoms with Gasteiger partial charge in [0.05, 0.1) is 18.9 Å². The van der Waals surface area contributed by atoms with Crippen LogP contribution >= 0.6 is 35.3 Å². The number of primary amides is 2. The van der Waals surface area contributed by atoms with E-state index >= 15 is 0 Å². The summed E-state index contributed by atoms with van der Waals surface area (Å²) in [6.45, 7) is 3.64. The predicted octanol–water partition coefficient (Wildman–Crippen LogP) is -3.51. The highest BCUT2D eigenvalue weighted by Crippen LogP contribution is 2.12. The zero-order valence-electron chi connectivity index (χ0n) is 45.6. The van der Waals surface area contributed by atoms with Gasteiger partial charge in [-0.1, -0.05) is 44.2 Å². The van der Waals surface area contributed by atoms with E-state index in [0.29, 0.717) is 23.5 Å². The van der Waals surface area contributed by atoms with E-state index < -0.39 is 151 Å². The quantitative estimate of drug-likeness (QED) is 0.0172. The van der Waals surface area contributed by atoms with Crippen LogP contribution in [0.2, 0.25) is 0 Å². The van der Waals surface area contributed by atoms with Crippen molar-refractivity contribution in [1.29, 1.82) is 0 Å². The van der Waals surface area contributed by atoms with E-state index in [0.717, 1.165) is 0 Å². The van der Waals surface area contributed by atoms with Crippen molar-refractivity contribution in [3.8, 4) is 0 Å². The van der Waals surface area contributed by atoms with Gasteiger partial charge in [-0.25, -0.2) is 4.79 Å². The molecule has 0 radical (unpaired) electrons. The molecule has 9 atom stereocenters. The summed E-state index contributed by atoms with van der Waals surface area (Å²) < 4.78 is 0. The molecule has 0 aromatic heterocycles. The normalized spacial score (nSPS) is 14.3. The summed E-state index contributed by atoms with van der Waals surface area (Å²) in [4.78, 5) is 163. The summed E-state index contributed by atoms with van der Waals surface area (Å²) in [7, 11) is 0. The van der Waals surface area contributed by atoms with E-state index in [2.05, 4.69) is 47.5 Å². The van der Waals surface area contributed by atoms with Crippen molar-refractivity contribution in [3.05, 3.63) is 35.9 Å². The number of aliphatic carboxylic acids is 2. The molecule has 1 rings (SSSR count). The van der Waals surface area contributed by atoms with Gasteiger partial charge in [0.1, 0.15) is 48.3 Å². The fraction of sp³-hybridized carbons (Fsp3) is 0.612. The number of carbonyl (C=O) groups is 12. The average molecular weight is 1190 g/mol. The third-order valence-electron chi connectivity index (χ3n) is 11.6. The maximum atomic E-state index is 14.1. The first-order valence-corrected chi connectivity index (χ1v) is 29.7. The summed E-state index contributed by atoms with van der Waals surface area (Å²) in [6, 6.07) is -4.79. The SMILES string of the molecule is CSCC[C@H](NC(=O)[C@H](CC(C)C)NC(=O)[C@H](CCC(N)=O)NC(=O)[C@H](CC(=O)O)NC(=O)[C@H](CC(N)=O)NC(=O)[C@H](CCSC)NC(=O)[C@H](CCSC)NC(=O)[C@@H](N)CCCN=C(N)N)C(=O)N[C@@H](Cc1ccccc1)C(=O)O. The molecule has 0 fully saturated rings. The summed E-state index contributed by atoms with van der Waals surface area (Å²) in [5.41, 5.74) is 28.2. The third kappa shape index (κ3) is 29.4. The largest absolute Gasteiger partial charge is 0.481 e. The lowest BCUT2D eigenvalue weighted by molar-refractivity contribution is -0.142. The Kier molecular flexibility index (Phi) is 34.4. The van der Waals surface area contributed by atoms with Gasteiger partial charge in [0.2, 0.25) is 59.1 Å². The van der Waals surface area contributed by atoms with Crippen molar-refractivity contribution in [2.45, 2.75) is 139 Å². The number of aliphatic imine (C=N–C) groups is 1. The van der Waals surface area contributed by atoms with Gasteiger partial charge in [-0.15, -0.1) is 0 Å². The first kappa shape index (κ1) is 71.2. The number of amides is 10. The van der Waals surface area contributed by atoms with E-state index in [-0.39, 0.29) is 62.7 Å². The highest BCUT2D eigenvalue weighted by molar-refractivity contribution is 7.98. The minimum atomic E-state index is -2.04. The molecular weight excluding hydrogens is 1100 g/mol. The summed E-state index contributed by atoms with van der Waals surface area (Å²) in [5.74, 6) is -12.2. The van der Waals surface area contributed by atoms with Crippen molar-refractivity contribution < 1.29 is 67.7 Å². The number of carboxylic acids is 2. The minimum Gasteiger partial charge on any atom is -0.481 e. The number of hydrogen-bond donors (Lipinski definition) is 15. The fourth-order valence-corrected chi connectivity index (χ4v) is 8.87. The number of rotatable bonds is 41. The maximum absolute atomic E-state index is 14.1. The summed E-state index contributed by atoms with van der Waals surface area (Å²) in [5, 5.41) is 39.3. The monoisotopic (exact) mass is 1180 g/mol. The van der Waals surface area contributed by atoms with Crippen LogP contribution in [0.15, 0.2) is 35.3 Å². The van der Waals surface area contributed by atoms with Crippen LogP contribution < -0.4 is 71.2 Å². The molecule has 0 aliphatic rings. The van der Waals surface area contributed by atoms with Gasteiger partial charge in [-0.2, -0.15) is 35.3 Å². The van der Waals surface area contributed by atoms with Gasteiger partial charge < -0.3 is 81.4 Å². The molecule has 0 aliphatic heterocycles. The number of nitrogens with one attached hydrogen (secondary N) is 8. The number of thioether (sulfide) groups is 3. The van der Waals surface area contributed by atoms with E-state index in [1.54, 1.807) is 62.9 Å². The van der Waals surface area contributed by atoms with Crippen LogP contribution in [-0.2, 0) is 64.0 Å². The van der Waals surface area contributed by atoms with Crippen LogP contribution in [-0.4, -0.2) is 184 Å². The van der Waals surface area contributed by atoms with Gasteiger partial charge in [-0.05, 0) is 92.5 Å². The lowest BCUT2D eigenvalue weighted by Crippen LogP contribution is -2.61. The van der Waals surface area contributed by atoms with E-state index in [4.69, 9.17) is 28.7 Å². The number of carboxylic acid groups (broad SMARTS) is 2. The molecule has 28 nitrogen and oxygen atoms in total. The highest BCUT2D eigenvalue weighted by Gasteiger charge is 2.36. The third-order valence-corrected chi connectivity index (χ3v) is 13.6. The molecule has 1 aromatic carbocycles. The number of guanidine groups is 1. The van der Waals surface area contributed by atoms with Gasteiger partial charge in [-0.3, -0.25) is 57.7 Å². The van der Waals surface area contributed by atoms with E-state index in [1.807, 2.05) is 0 Å². The number of carbonyl (C=O) groups excluding carboxylic acids is 10. The summed E-state index contributed by atoms with van der Waals surface area (Å²) >= 11 is 4.02. The number of nitrogens with two attached hydrogens (primary N) is 5. The van der Waals surface area contributed by atoms with Gasteiger partial charge in [0.25, 0.3) is 0 Å². The highest BCUT2D eigenvalue weighted by atomic mass is 32.2. The second-order valence-corrected chi connectivity index (χ2v) is 21.8. The smallest absolute Gasteiger partial charge is 0.326 e. The lowest BCUT2D eigenvalue weighted by atomic mass is 10.0. The zero-order valence-corrected chi connectivity index (χ0v) is 48.1. The molecule has 0 saturated carbocycles. The Morgan fingerprint density at radius 2 is 0.887 bits per heavy atom. The standard InChI is InChI=1S/C49H80N14O14S3/c1-26(2)22-33(45(73)59-32(17-21-80-5)44(72)63-36(48(76)77)23-27-10-7-6-8-11-27)60-41(69)29(13-14-37(51)64)57-47(75)35(25-39(66)67)62-46(74)34(24-38(52)65)61-43(71)31(16-20-79-4)58-42(70)30(15-19-78-3)56-40(68)28(50)12-9-18-55-49(53)54/h6-8,10-11,26,28-36H,9,12-25,50H2,1-5H3,(H2,51,64)(H2,52,65)(H,56,68)(H,57,75)(H,58,70)(H,59,73)(H,60,69)(H,61,71)(H,62,74)(H,63,72)(H,66,67)(H,76,77)(H4,53,54,55)/t28-,29-,30-,31-,32-,33-,34-,35-,36-/m0/s1. The number of hydrogen-bond acceptors (Lipinski definition) is 17. The molecule has 0 heterocycles. The van der Waals surface area contributed by atoms with Crippen LogP contribution in [0, 0.1) is 5.92 Å². The lowest BCUT2D eigenvalue weighted by Gasteiger charge is -2.28. The van der Waals surface area contributed by atoms with Crippen molar-refractivity contribution in [2.75, 3.05) is 42.6 Å².